The largest absolute Gasteiger partial charge is 0.278 e. The van der Waals surface area contributed by atoms with Crippen LogP contribution in [0, 0.1) is 0 Å². The van der Waals surface area contributed by atoms with Crippen molar-refractivity contribution in [1.82, 2.24) is 0 Å². The Labute approximate surface area is 92.9 Å². The van der Waals surface area contributed by atoms with Gasteiger partial charge in [0.25, 0.3) is 0 Å². The van der Waals surface area contributed by atoms with Crippen LogP contribution in [0.2, 0.25) is 5.02 Å². The molecule has 2 rings (SSSR count). The summed E-state index contributed by atoms with van der Waals surface area (Å²) in [4.78, 5) is 4.33. The van der Waals surface area contributed by atoms with Crippen LogP contribution in [0.3, 0.4) is 0 Å². The molecule has 0 fully saturated rings. The predicted octanol–water partition coefficient (Wildman–Crippen LogP) is 3.50. The fraction of sp³-hybridized carbons (Fsp3) is 0.182. The summed E-state index contributed by atoms with van der Waals surface area (Å²) in [7, 11) is 0. The topological polar surface area (TPSA) is 12.4 Å². The molecule has 3 heteroatoms. The zero-order valence-corrected chi connectivity index (χ0v) is 9.18. The van der Waals surface area contributed by atoms with Gasteiger partial charge in [0, 0.05) is 17.3 Å². The van der Waals surface area contributed by atoms with Gasteiger partial charge in [-0.2, -0.15) is 0 Å². The molecule has 1 aromatic carbocycles. The molecule has 0 bridgehead atoms. The van der Waals surface area contributed by atoms with Gasteiger partial charge < -0.3 is 0 Å². The van der Waals surface area contributed by atoms with Gasteiger partial charge >= 0.3 is 0 Å². The average Bonchev–Trinajstić information content (AvgIpc) is 2.67. The summed E-state index contributed by atoms with van der Waals surface area (Å²) >= 11 is 7.67. The first kappa shape index (κ1) is 9.81. The maximum absolute atomic E-state index is 5.87. The molecule has 72 valence electrons. The molecule has 1 aliphatic heterocycles. The van der Waals surface area contributed by atoms with Crippen molar-refractivity contribution in [3.63, 3.8) is 0 Å². The second kappa shape index (κ2) is 4.67. The Kier molecular flexibility index (Phi) is 3.27. The maximum atomic E-state index is 5.87. The van der Waals surface area contributed by atoms with Crippen molar-refractivity contribution in [3.8, 4) is 0 Å². The van der Waals surface area contributed by atoms with Crippen LogP contribution >= 0.6 is 23.4 Å². The minimum atomic E-state index is 0.771. The predicted molar refractivity (Wildman–Crippen MR) is 65.2 cm³/mol. The molecular formula is C11H10ClNS. The Morgan fingerprint density at radius 2 is 2.29 bits per heavy atom. The lowest BCUT2D eigenvalue weighted by Gasteiger charge is -1.93. The molecule has 0 atom stereocenters. The van der Waals surface area contributed by atoms with Gasteiger partial charge in [0.15, 0.2) is 0 Å². The zero-order valence-electron chi connectivity index (χ0n) is 7.61. The summed E-state index contributed by atoms with van der Waals surface area (Å²) in [6.45, 7) is 0.944. The van der Waals surface area contributed by atoms with Crippen molar-refractivity contribution in [2.45, 2.75) is 0 Å². The number of nitrogens with zero attached hydrogens (tertiary/aromatic N) is 1. The fourth-order valence-corrected chi connectivity index (χ4v) is 2.17. The van der Waals surface area contributed by atoms with E-state index in [2.05, 4.69) is 4.99 Å². The molecular weight excluding hydrogens is 214 g/mol. The van der Waals surface area contributed by atoms with E-state index in [-0.39, 0.29) is 0 Å². The molecule has 0 unspecified atom stereocenters. The van der Waals surface area contributed by atoms with E-state index in [1.54, 1.807) is 11.8 Å². The summed E-state index contributed by atoms with van der Waals surface area (Å²) in [5.74, 6) is 1.11. The first-order chi connectivity index (χ1) is 6.84. The summed E-state index contributed by atoms with van der Waals surface area (Å²) in [5.41, 5.74) is 1.12. The average molecular weight is 224 g/mol. The van der Waals surface area contributed by atoms with Gasteiger partial charge in [-0.15, -0.1) is 11.8 Å². The molecule has 0 aromatic heterocycles. The number of hydrogen-bond donors (Lipinski definition) is 0. The summed E-state index contributed by atoms with van der Waals surface area (Å²) in [6, 6.07) is 7.80. The minimum absolute atomic E-state index is 0.771. The van der Waals surface area contributed by atoms with E-state index < -0.39 is 0 Å². The van der Waals surface area contributed by atoms with Crippen LogP contribution in [0.5, 0.6) is 0 Å². The van der Waals surface area contributed by atoms with E-state index in [9.17, 15) is 0 Å². The van der Waals surface area contributed by atoms with Crippen molar-refractivity contribution in [2.24, 2.45) is 4.99 Å². The molecule has 0 aliphatic carbocycles. The van der Waals surface area contributed by atoms with E-state index in [4.69, 9.17) is 11.6 Å². The van der Waals surface area contributed by atoms with Crippen LogP contribution in [0.1, 0.15) is 5.56 Å². The Morgan fingerprint density at radius 3 is 3.00 bits per heavy atom. The van der Waals surface area contributed by atoms with Gasteiger partial charge in [-0.1, -0.05) is 29.8 Å². The van der Waals surface area contributed by atoms with Gasteiger partial charge in [-0.25, -0.2) is 0 Å². The Hall–Kier alpha value is -0.730. The first-order valence-corrected chi connectivity index (χ1v) is 5.82. The first-order valence-electron chi connectivity index (χ1n) is 4.45. The second-order valence-electron chi connectivity index (χ2n) is 2.96. The number of hydrogen-bond acceptors (Lipinski definition) is 2. The van der Waals surface area contributed by atoms with E-state index in [0.717, 1.165) is 27.9 Å². The van der Waals surface area contributed by atoms with Gasteiger partial charge in [0.05, 0.1) is 5.04 Å². The number of aliphatic imine (C=N–C) groups is 1. The molecule has 0 saturated heterocycles. The standard InChI is InChI=1S/C11H10ClNS/c12-10-3-1-2-9(8-10)4-5-11-13-6-7-14-11/h1-5,8H,6-7H2/b5-4+. The van der Waals surface area contributed by atoms with Crippen LogP contribution in [-0.2, 0) is 0 Å². The summed E-state index contributed by atoms with van der Waals surface area (Å²) in [5, 5.41) is 1.89. The number of benzene rings is 1. The quantitative estimate of drug-likeness (QED) is 0.748. The molecule has 1 aromatic rings. The minimum Gasteiger partial charge on any atom is -0.278 e. The molecule has 0 N–H and O–H groups in total. The van der Waals surface area contributed by atoms with Gasteiger partial charge in [-0.05, 0) is 23.8 Å². The number of thioether (sulfide) groups is 1. The van der Waals surface area contributed by atoms with E-state index >= 15 is 0 Å². The van der Waals surface area contributed by atoms with E-state index in [0.29, 0.717) is 0 Å². The van der Waals surface area contributed by atoms with Crippen molar-refractivity contribution in [1.29, 1.82) is 0 Å². The van der Waals surface area contributed by atoms with Gasteiger partial charge in [0.2, 0.25) is 0 Å². The maximum Gasteiger partial charge on any atom is 0.0905 e. The van der Waals surface area contributed by atoms with Crippen LogP contribution in [0.4, 0.5) is 0 Å². The van der Waals surface area contributed by atoms with E-state index in [1.807, 2.05) is 36.4 Å². The zero-order chi connectivity index (χ0) is 9.80. The molecule has 0 saturated carbocycles. The highest BCUT2D eigenvalue weighted by Gasteiger charge is 2.01. The van der Waals surface area contributed by atoms with Gasteiger partial charge in [0.1, 0.15) is 0 Å². The molecule has 0 spiro atoms. The lowest BCUT2D eigenvalue weighted by Crippen LogP contribution is -1.79. The monoisotopic (exact) mass is 223 g/mol. The Bertz CT molecular complexity index is 385. The van der Waals surface area contributed by atoms with Crippen molar-refractivity contribution < 1.29 is 0 Å². The van der Waals surface area contributed by atoms with Gasteiger partial charge in [-0.3, -0.25) is 4.99 Å². The molecule has 14 heavy (non-hydrogen) atoms. The normalized spacial score (nSPS) is 16.2. The summed E-state index contributed by atoms with van der Waals surface area (Å²) < 4.78 is 0. The number of halogens is 1. The van der Waals surface area contributed by atoms with Crippen LogP contribution in [-0.4, -0.2) is 17.3 Å². The van der Waals surface area contributed by atoms with Crippen LogP contribution in [0.25, 0.3) is 6.08 Å². The third-order valence-corrected chi connectivity index (χ3v) is 3.06. The third kappa shape index (κ3) is 2.63. The summed E-state index contributed by atoms with van der Waals surface area (Å²) in [6.07, 6.45) is 4.09. The van der Waals surface area contributed by atoms with Crippen LogP contribution < -0.4 is 0 Å². The van der Waals surface area contributed by atoms with Crippen molar-refractivity contribution >= 4 is 34.5 Å². The highest BCUT2D eigenvalue weighted by Crippen LogP contribution is 2.15. The lowest BCUT2D eigenvalue weighted by atomic mass is 10.2. The number of rotatable bonds is 2. The molecule has 0 amide bonds. The third-order valence-electron chi connectivity index (χ3n) is 1.88. The molecule has 1 nitrogen and oxygen atoms in total. The lowest BCUT2D eigenvalue weighted by molar-refractivity contribution is 1.18. The molecule has 1 aliphatic rings. The molecule has 0 radical (unpaired) electrons. The SMILES string of the molecule is Clc1cccc(/C=C/C2=NCCS2)c1. The van der Waals surface area contributed by atoms with Crippen molar-refractivity contribution in [3.05, 3.63) is 40.9 Å². The highest BCUT2D eigenvalue weighted by molar-refractivity contribution is 8.14. The molecule has 1 heterocycles. The Balaban J connectivity index is 2.09. The van der Waals surface area contributed by atoms with Crippen LogP contribution in [0.15, 0.2) is 35.3 Å². The van der Waals surface area contributed by atoms with E-state index in [1.165, 1.54) is 0 Å². The van der Waals surface area contributed by atoms with Crippen molar-refractivity contribution in [2.75, 3.05) is 12.3 Å². The Morgan fingerprint density at radius 1 is 1.36 bits per heavy atom. The second-order valence-corrected chi connectivity index (χ2v) is 4.51. The fourth-order valence-electron chi connectivity index (χ4n) is 1.23. The smallest absolute Gasteiger partial charge is 0.0905 e. The highest BCUT2D eigenvalue weighted by atomic mass is 35.5.